The molecule has 20 heavy (non-hydrogen) atoms. The van der Waals surface area contributed by atoms with Crippen LogP contribution in [0, 0.1) is 0 Å². The minimum absolute atomic E-state index is 0.0932. The number of hydrogen-bond acceptors (Lipinski definition) is 3. The van der Waals surface area contributed by atoms with Crippen molar-refractivity contribution in [1.29, 1.82) is 0 Å². The minimum atomic E-state index is -0.0932. The maximum Gasteiger partial charge on any atom is 0.238 e. The van der Waals surface area contributed by atoms with Crippen molar-refractivity contribution in [1.82, 2.24) is 5.32 Å². The summed E-state index contributed by atoms with van der Waals surface area (Å²) in [5.41, 5.74) is 0.574. The monoisotopic (exact) mass is 360 g/mol. The lowest BCUT2D eigenvalue weighted by Gasteiger charge is -2.14. The molecule has 0 saturated heterocycles. The number of ether oxygens (including phenoxy) is 1. The van der Waals surface area contributed by atoms with Crippen LogP contribution in [0.15, 0.2) is 16.6 Å². The zero-order valence-electron chi connectivity index (χ0n) is 11.3. The van der Waals surface area contributed by atoms with E-state index in [0.717, 1.165) is 12.8 Å². The van der Waals surface area contributed by atoms with Gasteiger partial charge in [-0.2, -0.15) is 0 Å². The molecular formula is C14H18BrClN2O2. The Labute approximate surface area is 132 Å². The van der Waals surface area contributed by atoms with E-state index >= 15 is 0 Å². The van der Waals surface area contributed by atoms with Crippen LogP contribution in [0.5, 0.6) is 5.75 Å². The fraction of sp³-hybridized carbons (Fsp3) is 0.500. The van der Waals surface area contributed by atoms with E-state index in [9.17, 15) is 4.79 Å². The average Bonchev–Trinajstić information content (AvgIpc) is 2.89. The molecule has 1 saturated carbocycles. The molecule has 0 aliphatic heterocycles. The van der Waals surface area contributed by atoms with Crippen LogP contribution in [0.2, 0.25) is 5.02 Å². The Bertz CT molecular complexity index is 490. The van der Waals surface area contributed by atoms with E-state index in [4.69, 9.17) is 16.3 Å². The first-order valence-corrected chi connectivity index (χ1v) is 7.83. The standard InChI is InChI=1S/C14H18BrClN2O2/c1-20-14-11(15)6-9(16)7-12(14)18-13(19)8-17-10-4-2-3-5-10/h6-7,10,17H,2-5,8H2,1H3,(H,18,19). The molecule has 0 heterocycles. The molecule has 1 aromatic rings. The van der Waals surface area contributed by atoms with E-state index in [-0.39, 0.29) is 5.91 Å². The maximum atomic E-state index is 12.0. The van der Waals surface area contributed by atoms with Gasteiger partial charge in [0.1, 0.15) is 0 Å². The molecule has 4 nitrogen and oxygen atoms in total. The molecule has 0 aromatic heterocycles. The molecule has 110 valence electrons. The van der Waals surface area contributed by atoms with Crippen LogP contribution in [0.4, 0.5) is 5.69 Å². The normalized spacial score (nSPS) is 15.3. The second kappa shape index (κ2) is 7.29. The molecule has 1 amide bonds. The van der Waals surface area contributed by atoms with Crippen LogP contribution in [0.3, 0.4) is 0 Å². The van der Waals surface area contributed by atoms with Gasteiger partial charge in [-0.05, 0) is 40.9 Å². The van der Waals surface area contributed by atoms with Crippen molar-refractivity contribution in [2.45, 2.75) is 31.7 Å². The van der Waals surface area contributed by atoms with Crippen molar-refractivity contribution in [2.24, 2.45) is 0 Å². The molecular weight excluding hydrogens is 344 g/mol. The summed E-state index contributed by atoms with van der Waals surface area (Å²) in [6, 6.07) is 3.87. The van der Waals surface area contributed by atoms with Crippen LogP contribution in [-0.2, 0) is 4.79 Å². The number of amides is 1. The minimum Gasteiger partial charge on any atom is -0.493 e. The molecule has 2 rings (SSSR count). The first kappa shape index (κ1) is 15.6. The number of halogens is 2. The molecule has 0 bridgehead atoms. The van der Waals surface area contributed by atoms with Gasteiger partial charge >= 0.3 is 0 Å². The highest BCUT2D eigenvalue weighted by atomic mass is 79.9. The Morgan fingerprint density at radius 3 is 2.80 bits per heavy atom. The number of hydrogen-bond donors (Lipinski definition) is 2. The number of nitrogens with one attached hydrogen (secondary N) is 2. The van der Waals surface area contributed by atoms with E-state index in [0.29, 0.717) is 33.5 Å². The second-order valence-corrected chi connectivity index (χ2v) is 6.17. The molecule has 1 aromatic carbocycles. The lowest BCUT2D eigenvalue weighted by atomic mass is 10.2. The average molecular weight is 362 g/mol. The molecule has 2 N–H and O–H groups in total. The highest BCUT2D eigenvalue weighted by Crippen LogP contribution is 2.36. The molecule has 1 aliphatic carbocycles. The van der Waals surface area contributed by atoms with Crippen molar-refractivity contribution >= 4 is 39.1 Å². The van der Waals surface area contributed by atoms with Crippen LogP contribution >= 0.6 is 27.5 Å². The summed E-state index contributed by atoms with van der Waals surface area (Å²) in [5, 5.41) is 6.64. The van der Waals surface area contributed by atoms with Crippen LogP contribution < -0.4 is 15.4 Å². The Morgan fingerprint density at radius 2 is 2.15 bits per heavy atom. The third kappa shape index (κ3) is 4.11. The third-order valence-electron chi connectivity index (χ3n) is 3.39. The summed E-state index contributed by atoms with van der Waals surface area (Å²) in [4.78, 5) is 12.0. The summed E-state index contributed by atoms with van der Waals surface area (Å²) in [6.07, 6.45) is 4.79. The van der Waals surface area contributed by atoms with Crippen LogP contribution in [-0.4, -0.2) is 25.6 Å². The van der Waals surface area contributed by atoms with Gasteiger partial charge in [-0.25, -0.2) is 0 Å². The predicted molar refractivity (Wildman–Crippen MR) is 84.6 cm³/mol. The van der Waals surface area contributed by atoms with Gasteiger partial charge in [-0.3, -0.25) is 4.79 Å². The van der Waals surface area contributed by atoms with E-state index in [1.165, 1.54) is 12.8 Å². The molecule has 6 heteroatoms. The van der Waals surface area contributed by atoms with E-state index < -0.39 is 0 Å². The molecule has 0 atom stereocenters. The van der Waals surface area contributed by atoms with E-state index in [2.05, 4.69) is 26.6 Å². The smallest absolute Gasteiger partial charge is 0.238 e. The summed E-state index contributed by atoms with van der Waals surface area (Å²) < 4.78 is 5.98. The number of rotatable bonds is 5. The largest absolute Gasteiger partial charge is 0.493 e. The number of carbonyl (C=O) groups excluding carboxylic acids is 1. The summed E-state index contributed by atoms with van der Waals surface area (Å²) in [5.74, 6) is 0.480. The SMILES string of the molecule is COc1c(Br)cc(Cl)cc1NC(=O)CNC1CCCC1. The molecule has 1 fully saturated rings. The molecule has 0 unspecified atom stereocenters. The zero-order valence-corrected chi connectivity index (χ0v) is 13.7. The fourth-order valence-corrected chi connectivity index (χ4v) is 3.39. The number of benzene rings is 1. The zero-order chi connectivity index (χ0) is 14.5. The van der Waals surface area contributed by atoms with Gasteiger partial charge < -0.3 is 15.4 Å². The number of carbonyl (C=O) groups is 1. The van der Waals surface area contributed by atoms with Gasteiger partial charge in [-0.15, -0.1) is 0 Å². The van der Waals surface area contributed by atoms with Gasteiger partial charge in [0.05, 0.1) is 23.8 Å². The van der Waals surface area contributed by atoms with E-state index in [1.807, 2.05) is 0 Å². The van der Waals surface area contributed by atoms with Gasteiger partial charge in [0.2, 0.25) is 5.91 Å². The number of methoxy groups -OCH3 is 1. The maximum absolute atomic E-state index is 12.0. The molecule has 0 spiro atoms. The highest BCUT2D eigenvalue weighted by molar-refractivity contribution is 9.10. The van der Waals surface area contributed by atoms with Crippen molar-refractivity contribution in [3.05, 3.63) is 21.6 Å². The van der Waals surface area contributed by atoms with Gasteiger partial charge in [-0.1, -0.05) is 24.4 Å². The Balaban J connectivity index is 1.96. The first-order valence-electron chi connectivity index (χ1n) is 6.66. The van der Waals surface area contributed by atoms with Crippen LogP contribution in [0.1, 0.15) is 25.7 Å². The summed E-state index contributed by atoms with van der Waals surface area (Å²) in [7, 11) is 1.56. The first-order chi connectivity index (χ1) is 9.60. The molecule has 1 aliphatic rings. The number of anilines is 1. The van der Waals surface area contributed by atoms with Crippen molar-refractivity contribution in [2.75, 3.05) is 19.0 Å². The van der Waals surface area contributed by atoms with Crippen molar-refractivity contribution in [3.63, 3.8) is 0 Å². The topological polar surface area (TPSA) is 50.4 Å². The quantitative estimate of drug-likeness (QED) is 0.843. The lowest BCUT2D eigenvalue weighted by molar-refractivity contribution is -0.115. The Kier molecular flexibility index (Phi) is 5.69. The van der Waals surface area contributed by atoms with Crippen LogP contribution in [0.25, 0.3) is 0 Å². The Morgan fingerprint density at radius 1 is 1.45 bits per heavy atom. The Hall–Kier alpha value is -0.780. The third-order valence-corrected chi connectivity index (χ3v) is 4.20. The lowest BCUT2D eigenvalue weighted by Crippen LogP contribution is -2.34. The van der Waals surface area contributed by atoms with Gasteiger partial charge in [0, 0.05) is 11.1 Å². The summed E-state index contributed by atoms with van der Waals surface area (Å²) >= 11 is 9.36. The van der Waals surface area contributed by atoms with Gasteiger partial charge in [0.25, 0.3) is 0 Å². The fourth-order valence-electron chi connectivity index (χ4n) is 2.42. The highest BCUT2D eigenvalue weighted by Gasteiger charge is 2.16. The summed E-state index contributed by atoms with van der Waals surface area (Å²) in [6.45, 7) is 0.304. The van der Waals surface area contributed by atoms with Gasteiger partial charge in [0.15, 0.2) is 5.75 Å². The predicted octanol–water partition coefficient (Wildman–Crippen LogP) is 3.58. The molecule has 0 radical (unpaired) electrons. The van der Waals surface area contributed by atoms with Crippen molar-refractivity contribution in [3.8, 4) is 5.75 Å². The van der Waals surface area contributed by atoms with Crippen molar-refractivity contribution < 1.29 is 9.53 Å². The van der Waals surface area contributed by atoms with E-state index in [1.54, 1.807) is 19.2 Å². The second-order valence-electron chi connectivity index (χ2n) is 4.88.